The summed E-state index contributed by atoms with van der Waals surface area (Å²) in [6.45, 7) is 5.33. The fourth-order valence-corrected chi connectivity index (χ4v) is 8.75. The number of nitrogens with one attached hydrogen (secondary N) is 2. The maximum Gasteiger partial charge on any atom is 0.264 e. The summed E-state index contributed by atoms with van der Waals surface area (Å²) >= 11 is 0. The number of aromatic nitrogens is 1. The van der Waals surface area contributed by atoms with Crippen molar-refractivity contribution in [2.75, 3.05) is 45.7 Å². The van der Waals surface area contributed by atoms with Gasteiger partial charge in [-0.1, -0.05) is 50.7 Å². The smallest absolute Gasteiger partial charge is 0.264 e. The largest absolute Gasteiger partial charge is 0.493 e. The Kier molecular flexibility index (Phi) is 13.6. The van der Waals surface area contributed by atoms with Crippen LogP contribution < -0.4 is 25.7 Å². The monoisotopic (exact) mass is 836 g/mol. The number of benzene rings is 2. The molecule has 2 fully saturated rings. The van der Waals surface area contributed by atoms with Crippen LogP contribution in [-0.4, -0.2) is 101 Å². The first-order valence-electron chi connectivity index (χ1n) is 21.4. The third kappa shape index (κ3) is 9.36. The number of ether oxygens (including phenoxy) is 2. The Morgan fingerprint density at radius 2 is 1.61 bits per heavy atom. The lowest BCUT2D eigenvalue weighted by molar-refractivity contribution is -0.136. The Morgan fingerprint density at radius 1 is 0.869 bits per heavy atom. The minimum absolute atomic E-state index is 0.0830. The standard InChI is InChI=1S/C46H56N6O9/c1-29-26-51(23-22-50(29)27-31-25-33-42(61-31)34(28-49(2)44(33)56)30-17-19-37(59-3)38(24-30)60-4)40(54)16-11-9-7-5-6-8-10-12-21-47-35-15-13-14-32-41(35)46(58)52(45(32)57)36-18-20-39(53)48-43(36)55/h13-15,17,19,24-25,28-29,36,47H,5-12,16,18,20-23,26-27H2,1-4H3,(H,48,53,55). The molecule has 2 aromatic heterocycles. The molecule has 324 valence electrons. The van der Waals surface area contributed by atoms with Crippen molar-refractivity contribution in [3.05, 3.63) is 75.9 Å². The van der Waals surface area contributed by atoms with E-state index < -0.39 is 29.7 Å². The molecule has 4 aromatic rings. The van der Waals surface area contributed by atoms with Gasteiger partial charge >= 0.3 is 0 Å². The van der Waals surface area contributed by atoms with E-state index in [0.717, 1.165) is 67.4 Å². The Balaban J connectivity index is 0.785. The van der Waals surface area contributed by atoms with Crippen LogP contribution in [0.3, 0.4) is 0 Å². The number of pyridine rings is 1. The van der Waals surface area contributed by atoms with Crippen molar-refractivity contribution >= 4 is 46.2 Å². The first kappa shape index (κ1) is 43.1. The van der Waals surface area contributed by atoms with Crippen molar-refractivity contribution in [1.82, 2.24) is 24.6 Å². The highest BCUT2D eigenvalue weighted by Gasteiger charge is 2.45. The topological polar surface area (TPSA) is 173 Å². The number of unbranched alkanes of at least 4 members (excludes halogenated alkanes) is 7. The van der Waals surface area contributed by atoms with E-state index in [1.807, 2.05) is 29.2 Å². The van der Waals surface area contributed by atoms with E-state index in [1.54, 1.807) is 50.2 Å². The molecule has 2 saturated heterocycles. The maximum atomic E-state index is 13.3. The number of furan rings is 1. The van der Waals surface area contributed by atoms with Crippen LogP contribution in [0.4, 0.5) is 5.69 Å². The molecule has 2 unspecified atom stereocenters. The van der Waals surface area contributed by atoms with E-state index in [9.17, 15) is 28.8 Å². The second-order valence-corrected chi connectivity index (χ2v) is 16.3. The zero-order valence-electron chi connectivity index (χ0n) is 35.6. The fraction of sp³-hybridized carbons (Fsp3) is 0.478. The lowest BCUT2D eigenvalue weighted by atomic mass is 10.0. The summed E-state index contributed by atoms with van der Waals surface area (Å²) in [5, 5.41) is 6.07. The lowest BCUT2D eigenvalue weighted by Gasteiger charge is -2.39. The van der Waals surface area contributed by atoms with Gasteiger partial charge in [-0.05, 0) is 62.1 Å². The quantitative estimate of drug-likeness (QED) is 0.0907. The number of hydrogen-bond donors (Lipinski definition) is 2. The van der Waals surface area contributed by atoms with E-state index in [0.29, 0.717) is 73.1 Å². The van der Waals surface area contributed by atoms with Crippen molar-refractivity contribution in [2.24, 2.45) is 7.05 Å². The van der Waals surface area contributed by atoms with Crippen molar-refractivity contribution in [3.8, 4) is 22.6 Å². The summed E-state index contributed by atoms with van der Waals surface area (Å²) in [7, 11) is 4.92. The van der Waals surface area contributed by atoms with Gasteiger partial charge in [0.25, 0.3) is 17.4 Å². The molecule has 5 amide bonds. The number of piperidine rings is 1. The number of carbonyl (C=O) groups is 5. The molecule has 15 heteroatoms. The van der Waals surface area contributed by atoms with Crippen LogP contribution in [0, 0.1) is 0 Å². The number of carbonyl (C=O) groups excluding carboxylic acids is 5. The van der Waals surface area contributed by atoms with Gasteiger partial charge in [0.15, 0.2) is 11.5 Å². The number of hydrogen-bond acceptors (Lipinski definition) is 11. The summed E-state index contributed by atoms with van der Waals surface area (Å²) in [5.74, 6) is 0.0720. The molecule has 0 bridgehead atoms. The Morgan fingerprint density at radius 3 is 2.33 bits per heavy atom. The Labute approximate surface area is 355 Å². The average molecular weight is 837 g/mol. The van der Waals surface area contributed by atoms with Crippen LogP contribution in [0.25, 0.3) is 22.1 Å². The highest BCUT2D eigenvalue weighted by molar-refractivity contribution is 6.25. The maximum absolute atomic E-state index is 13.3. The Bertz CT molecular complexity index is 2370. The van der Waals surface area contributed by atoms with Crippen molar-refractivity contribution < 1.29 is 37.9 Å². The van der Waals surface area contributed by atoms with Crippen molar-refractivity contribution in [3.63, 3.8) is 0 Å². The first-order valence-corrected chi connectivity index (χ1v) is 21.4. The summed E-state index contributed by atoms with van der Waals surface area (Å²) in [6, 6.07) is 11.7. The molecular weight excluding hydrogens is 781 g/mol. The predicted octanol–water partition coefficient (Wildman–Crippen LogP) is 5.87. The van der Waals surface area contributed by atoms with Crippen LogP contribution in [0.2, 0.25) is 0 Å². The number of piperazine rings is 1. The first-order chi connectivity index (χ1) is 29.5. The summed E-state index contributed by atoms with van der Waals surface area (Å²) in [6.07, 6.45) is 10.7. The van der Waals surface area contributed by atoms with Gasteiger partial charge in [0.05, 0.1) is 37.3 Å². The van der Waals surface area contributed by atoms with Gasteiger partial charge in [-0.2, -0.15) is 0 Å². The predicted molar refractivity (Wildman–Crippen MR) is 230 cm³/mol. The number of imide groups is 2. The molecule has 5 heterocycles. The van der Waals surface area contributed by atoms with Crippen LogP contribution in [-0.2, 0) is 28.0 Å². The second kappa shape index (κ2) is 19.2. The van der Waals surface area contributed by atoms with Gasteiger partial charge in [0.1, 0.15) is 17.4 Å². The Hall–Kier alpha value is -5.96. The zero-order valence-corrected chi connectivity index (χ0v) is 35.6. The van der Waals surface area contributed by atoms with Gasteiger partial charge in [-0.25, -0.2) is 0 Å². The molecule has 3 aliphatic rings. The van der Waals surface area contributed by atoms with Gasteiger partial charge in [0, 0.05) is 69.6 Å². The second-order valence-electron chi connectivity index (χ2n) is 16.3. The highest BCUT2D eigenvalue weighted by atomic mass is 16.5. The minimum atomic E-state index is -0.986. The number of methoxy groups -OCH3 is 2. The average Bonchev–Trinajstić information content (AvgIpc) is 3.79. The summed E-state index contributed by atoms with van der Waals surface area (Å²) < 4.78 is 18.9. The molecule has 61 heavy (non-hydrogen) atoms. The number of rotatable bonds is 18. The van der Waals surface area contributed by atoms with Gasteiger partial charge in [-0.3, -0.25) is 43.9 Å². The number of amides is 5. The van der Waals surface area contributed by atoms with Crippen LogP contribution in [0.1, 0.15) is 104 Å². The molecule has 0 spiro atoms. The van der Waals surface area contributed by atoms with Gasteiger partial charge in [-0.15, -0.1) is 0 Å². The van der Waals surface area contributed by atoms with E-state index in [2.05, 4.69) is 22.5 Å². The molecular formula is C46H56N6O9. The molecule has 0 aliphatic carbocycles. The van der Waals surface area contributed by atoms with Crippen molar-refractivity contribution in [2.45, 2.75) is 96.2 Å². The fourth-order valence-electron chi connectivity index (χ4n) is 8.75. The molecule has 15 nitrogen and oxygen atoms in total. The highest BCUT2D eigenvalue weighted by Crippen LogP contribution is 2.36. The zero-order chi connectivity index (χ0) is 43.2. The van der Waals surface area contributed by atoms with E-state index in [-0.39, 0.29) is 41.5 Å². The number of nitrogens with zero attached hydrogens (tertiary/aromatic N) is 4. The molecule has 7 rings (SSSR count). The summed E-state index contributed by atoms with van der Waals surface area (Å²) in [4.78, 5) is 81.9. The van der Waals surface area contributed by atoms with Crippen LogP contribution in [0.15, 0.2) is 57.9 Å². The van der Waals surface area contributed by atoms with Crippen LogP contribution >= 0.6 is 0 Å². The normalized spacial score (nSPS) is 18.2. The third-order valence-electron chi connectivity index (χ3n) is 12.2. The molecule has 0 saturated carbocycles. The molecule has 2 aromatic carbocycles. The molecule has 2 atom stereocenters. The summed E-state index contributed by atoms with van der Waals surface area (Å²) in [5.41, 5.74) is 3.18. The lowest BCUT2D eigenvalue weighted by Crippen LogP contribution is -2.54. The minimum Gasteiger partial charge on any atom is -0.493 e. The number of fused-ring (bicyclic) bond motifs is 2. The third-order valence-corrected chi connectivity index (χ3v) is 12.2. The van der Waals surface area contributed by atoms with Crippen molar-refractivity contribution in [1.29, 1.82) is 0 Å². The van der Waals surface area contributed by atoms with E-state index >= 15 is 0 Å². The molecule has 3 aliphatic heterocycles. The van der Waals surface area contributed by atoms with E-state index in [4.69, 9.17) is 13.9 Å². The number of aryl methyl sites for hydroxylation is 1. The molecule has 2 N–H and O–H groups in total. The van der Waals surface area contributed by atoms with Gasteiger partial charge < -0.3 is 28.7 Å². The van der Waals surface area contributed by atoms with Gasteiger partial charge in [0.2, 0.25) is 17.7 Å². The van der Waals surface area contributed by atoms with E-state index in [1.165, 1.54) is 0 Å². The SMILES string of the molecule is COc1ccc(-c2cn(C)c(=O)c3cc(CN4CCN(C(=O)CCCCCCCCCCNc5cccc6c5C(=O)N(C5CCC(=O)NC5=O)C6=O)CC4C)oc23)cc1OC. The number of anilines is 1. The van der Waals surface area contributed by atoms with Crippen LogP contribution in [0.5, 0.6) is 11.5 Å². The molecule has 0 radical (unpaired) electrons.